The highest BCUT2D eigenvalue weighted by Crippen LogP contribution is 2.27. The normalized spacial score (nSPS) is 21.7. The number of nitrogens with zero attached hydrogens (tertiary/aromatic N) is 4. The van der Waals surface area contributed by atoms with Crippen LogP contribution in [0.4, 0.5) is 0 Å². The SMILES string of the molecule is CC1C(=O)N(C)Cc2c(CNC(=O)CCC3CCCCC3)nnn21. The van der Waals surface area contributed by atoms with E-state index in [-0.39, 0.29) is 17.9 Å². The summed E-state index contributed by atoms with van der Waals surface area (Å²) in [4.78, 5) is 25.7. The van der Waals surface area contributed by atoms with Crippen LogP contribution in [0.1, 0.15) is 69.3 Å². The van der Waals surface area contributed by atoms with Crippen molar-refractivity contribution in [2.24, 2.45) is 5.92 Å². The molecule has 1 aliphatic heterocycles. The van der Waals surface area contributed by atoms with Gasteiger partial charge in [-0.05, 0) is 19.3 Å². The molecule has 2 amide bonds. The molecule has 1 fully saturated rings. The molecule has 7 nitrogen and oxygen atoms in total. The lowest BCUT2D eigenvalue weighted by Gasteiger charge is -2.28. The topological polar surface area (TPSA) is 80.1 Å². The Morgan fingerprint density at radius 2 is 2.04 bits per heavy atom. The molecular weight excluding hydrogens is 306 g/mol. The summed E-state index contributed by atoms with van der Waals surface area (Å²) in [5.74, 6) is 0.832. The Labute approximate surface area is 142 Å². The molecule has 2 aliphatic rings. The third-order valence-electron chi connectivity index (χ3n) is 5.32. The quantitative estimate of drug-likeness (QED) is 0.891. The summed E-state index contributed by atoms with van der Waals surface area (Å²) < 4.78 is 1.67. The Morgan fingerprint density at radius 3 is 2.79 bits per heavy atom. The average molecular weight is 333 g/mol. The second-order valence-electron chi connectivity index (χ2n) is 7.12. The molecule has 24 heavy (non-hydrogen) atoms. The zero-order valence-corrected chi connectivity index (χ0v) is 14.6. The van der Waals surface area contributed by atoms with Crippen molar-refractivity contribution < 1.29 is 9.59 Å². The van der Waals surface area contributed by atoms with Gasteiger partial charge in [-0.25, -0.2) is 4.68 Å². The first kappa shape index (κ1) is 16.9. The van der Waals surface area contributed by atoms with Gasteiger partial charge in [-0.15, -0.1) is 5.10 Å². The van der Waals surface area contributed by atoms with Crippen LogP contribution in [0.15, 0.2) is 0 Å². The summed E-state index contributed by atoms with van der Waals surface area (Å²) in [6.45, 7) is 2.69. The number of hydrogen-bond acceptors (Lipinski definition) is 4. The van der Waals surface area contributed by atoms with E-state index in [0.717, 1.165) is 17.8 Å². The van der Waals surface area contributed by atoms with Crippen LogP contribution >= 0.6 is 0 Å². The largest absolute Gasteiger partial charge is 0.350 e. The second kappa shape index (κ2) is 7.32. The number of fused-ring (bicyclic) bond motifs is 1. The molecule has 2 heterocycles. The molecule has 1 N–H and O–H groups in total. The smallest absolute Gasteiger partial charge is 0.247 e. The predicted octanol–water partition coefficient (Wildman–Crippen LogP) is 1.79. The first-order chi connectivity index (χ1) is 11.6. The molecule has 0 radical (unpaired) electrons. The van der Waals surface area contributed by atoms with E-state index in [1.807, 2.05) is 6.92 Å². The van der Waals surface area contributed by atoms with Gasteiger partial charge < -0.3 is 10.2 Å². The van der Waals surface area contributed by atoms with Crippen molar-refractivity contribution >= 4 is 11.8 Å². The summed E-state index contributed by atoms with van der Waals surface area (Å²) in [5, 5.41) is 11.2. The number of nitrogens with one attached hydrogen (secondary N) is 1. The highest BCUT2D eigenvalue weighted by atomic mass is 16.2. The fourth-order valence-corrected chi connectivity index (χ4v) is 3.77. The maximum Gasteiger partial charge on any atom is 0.247 e. The van der Waals surface area contributed by atoms with Gasteiger partial charge in [0.2, 0.25) is 11.8 Å². The van der Waals surface area contributed by atoms with Crippen molar-refractivity contribution in [1.29, 1.82) is 0 Å². The minimum atomic E-state index is -0.331. The minimum Gasteiger partial charge on any atom is -0.350 e. The van der Waals surface area contributed by atoms with Crippen molar-refractivity contribution in [2.45, 2.75) is 71.0 Å². The number of likely N-dealkylation sites (N-methyl/N-ethyl adjacent to an activating group) is 1. The highest BCUT2D eigenvalue weighted by Gasteiger charge is 2.31. The van der Waals surface area contributed by atoms with E-state index >= 15 is 0 Å². The Morgan fingerprint density at radius 1 is 1.29 bits per heavy atom. The monoisotopic (exact) mass is 333 g/mol. The maximum atomic E-state index is 12.1. The van der Waals surface area contributed by atoms with Crippen LogP contribution in [0.2, 0.25) is 0 Å². The van der Waals surface area contributed by atoms with Gasteiger partial charge >= 0.3 is 0 Å². The lowest BCUT2D eigenvalue weighted by molar-refractivity contribution is -0.135. The molecule has 1 aromatic rings. The van der Waals surface area contributed by atoms with Gasteiger partial charge in [0.25, 0.3) is 0 Å². The van der Waals surface area contributed by atoms with Crippen LogP contribution in [0.3, 0.4) is 0 Å². The van der Waals surface area contributed by atoms with E-state index in [1.54, 1.807) is 16.6 Å². The lowest BCUT2D eigenvalue weighted by Crippen LogP contribution is -2.39. The Bertz CT molecular complexity index is 606. The van der Waals surface area contributed by atoms with E-state index in [4.69, 9.17) is 0 Å². The van der Waals surface area contributed by atoms with E-state index in [2.05, 4.69) is 15.6 Å². The third-order valence-corrected chi connectivity index (χ3v) is 5.32. The molecule has 1 unspecified atom stereocenters. The van der Waals surface area contributed by atoms with Crippen LogP contribution in [0.25, 0.3) is 0 Å². The molecule has 1 aromatic heterocycles. The molecule has 1 atom stereocenters. The van der Waals surface area contributed by atoms with Gasteiger partial charge in [-0.3, -0.25) is 9.59 Å². The first-order valence-corrected chi connectivity index (χ1v) is 9.01. The predicted molar refractivity (Wildman–Crippen MR) is 88.9 cm³/mol. The number of carbonyl (C=O) groups excluding carboxylic acids is 2. The number of aromatic nitrogens is 3. The van der Waals surface area contributed by atoms with E-state index in [0.29, 0.717) is 25.4 Å². The van der Waals surface area contributed by atoms with Crippen LogP contribution in [-0.2, 0) is 22.7 Å². The van der Waals surface area contributed by atoms with Crippen molar-refractivity contribution in [3.8, 4) is 0 Å². The van der Waals surface area contributed by atoms with Crippen LogP contribution < -0.4 is 5.32 Å². The number of rotatable bonds is 5. The first-order valence-electron chi connectivity index (χ1n) is 9.01. The third kappa shape index (κ3) is 3.60. The highest BCUT2D eigenvalue weighted by molar-refractivity contribution is 5.80. The average Bonchev–Trinajstić information content (AvgIpc) is 3.00. The molecule has 0 saturated heterocycles. The summed E-state index contributed by atoms with van der Waals surface area (Å²) in [7, 11) is 1.78. The summed E-state index contributed by atoms with van der Waals surface area (Å²) >= 11 is 0. The second-order valence-corrected chi connectivity index (χ2v) is 7.12. The van der Waals surface area contributed by atoms with Gasteiger partial charge in [0.05, 0.1) is 18.8 Å². The number of amides is 2. The molecule has 132 valence electrons. The lowest BCUT2D eigenvalue weighted by atomic mass is 9.86. The molecule has 0 spiro atoms. The number of carbonyl (C=O) groups is 2. The van der Waals surface area contributed by atoms with Crippen molar-refractivity contribution in [3.05, 3.63) is 11.4 Å². The minimum absolute atomic E-state index is 0.0375. The van der Waals surface area contributed by atoms with Gasteiger partial charge in [-0.2, -0.15) is 0 Å². The van der Waals surface area contributed by atoms with E-state index < -0.39 is 0 Å². The van der Waals surface area contributed by atoms with Gasteiger partial charge in [0.15, 0.2) is 0 Å². The zero-order valence-electron chi connectivity index (χ0n) is 14.6. The summed E-state index contributed by atoms with van der Waals surface area (Å²) in [5.41, 5.74) is 1.67. The molecule has 0 bridgehead atoms. The molecule has 1 saturated carbocycles. The van der Waals surface area contributed by atoms with Gasteiger partial charge in [0, 0.05) is 13.5 Å². The zero-order chi connectivity index (χ0) is 17.1. The maximum absolute atomic E-state index is 12.1. The molecule has 0 aromatic carbocycles. The van der Waals surface area contributed by atoms with E-state index in [9.17, 15) is 9.59 Å². The Kier molecular flexibility index (Phi) is 5.16. The molecule has 7 heteroatoms. The van der Waals surface area contributed by atoms with Gasteiger partial charge in [0.1, 0.15) is 11.7 Å². The van der Waals surface area contributed by atoms with Crippen molar-refractivity contribution in [2.75, 3.05) is 7.05 Å². The van der Waals surface area contributed by atoms with Crippen molar-refractivity contribution in [1.82, 2.24) is 25.2 Å². The molecule has 1 aliphatic carbocycles. The standard InChI is InChI=1S/C17H27N5O2/c1-12-17(24)21(2)11-15-14(19-20-22(12)15)10-18-16(23)9-8-13-6-4-3-5-7-13/h12-13H,3-11H2,1-2H3,(H,18,23). The number of hydrogen-bond donors (Lipinski definition) is 1. The van der Waals surface area contributed by atoms with Gasteiger partial charge in [-0.1, -0.05) is 37.3 Å². The van der Waals surface area contributed by atoms with E-state index in [1.165, 1.54) is 32.1 Å². The fourth-order valence-electron chi connectivity index (χ4n) is 3.77. The summed E-state index contributed by atoms with van der Waals surface area (Å²) in [6, 6.07) is -0.331. The summed E-state index contributed by atoms with van der Waals surface area (Å²) in [6.07, 6.45) is 8.07. The molecular formula is C17H27N5O2. The Hall–Kier alpha value is -1.92. The molecule has 3 rings (SSSR count). The van der Waals surface area contributed by atoms with Crippen LogP contribution in [0.5, 0.6) is 0 Å². The van der Waals surface area contributed by atoms with Crippen LogP contribution in [0, 0.1) is 5.92 Å². The van der Waals surface area contributed by atoms with Crippen LogP contribution in [-0.4, -0.2) is 38.8 Å². The van der Waals surface area contributed by atoms with Crippen molar-refractivity contribution in [3.63, 3.8) is 0 Å². The fraction of sp³-hybridized carbons (Fsp3) is 0.765. The Balaban J connectivity index is 1.51.